The number of hydrogen-bond donors (Lipinski definition) is 1. The first-order valence-corrected chi connectivity index (χ1v) is 5.51. The number of nitrogens with one attached hydrogen (secondary N) is 1. The average Bonchev–Trinajstić information content (AvgIpc) is 2.76. The van der Waals surface area contributed by atoms with E-state index in [1.807, 2.05) is 0 Å². The molecule has 3 nitrogen and oxygen atoms in total. The lowest BCUT2D eigenvalue weighted by Crippen LogP contribution is -2.04. The molecule has 0 radical (unpaired) electrons. The fourth-order valence-electron chi connectivity index (χ4n) is 1.27. The summed E-state index contributed by atoms with van der Waals surface area (Å²) >= 11 is 1.20. The lowest BCUT2D eigenvalue weighted by atomic mass is 10.1. The average molecular weight is 259 g/mol. The second-order valence-corrected chi connectivity index (χ2v) is 4.22. The topological polar surface area (TPSA) is 37.8 Å². The summed E-state index contributed by atoms with van der Waals surface area (Å²) < 4.78 is 37.5. The molecule has 90 valence electrons. The largest absolute Gasteiger partial charge is 0.416 e. The maximum Gasteiger partial charge on any atom is 0.416 e. The van der Waals surface area contributed by atoms with Crippen LogP contribution in [0.5, 0.6) is 0 Å². The molecule has 0 saturated heterocycles. The van der Waals surface area contributed by atoms with Crippen molar-refractivity contribution < 1.29 is 13.2 Å². The standard InChI is InChI=1S/C10H8F3N3S/c1-14-9-16-15-8(17-9)6-3-2-4-7(5-6)10(11,12)13/h2-5H,1H3,(H,14,16). The van der Waals surface area contributed by atoms with Crippen LogP contribution in [-0.4, -0.2) is 17.2 Å². The lowest BCUT2D eigenvalue weighted by molar-refractivity contribution is -0.137. The maximum absolute atomic E-state index is 12.5. The Morgan fingerprint density at radius 2 is 2.00 bits per heavy atom. The van der Waals surface area contributed by atoms with Crippen molar-refractivity contribution in [1.82, 2.24) is 10.2 Å². The minimum Gasteiger partial charge on any atom is -0.363 e. The first-order valence-electron chi connectivity index (χ1n) is 4.69. The summed E-state index contributed by atoms with van der Waals surface area (Å²) in [5, 5.41) is 11.4. The predicted octanol–water partition coefficient (Wildman–Crippen LogP) is 3.27. The van der Waals surface area contributed by atoms with Crippen molar-refractivity contribution >= 4 is 16.5 Å². The molecule has 0 atom stereocenters. The molecule has 2 rings (SSSR count). The summed E-state index contributed by atoms with van der Waals surface area (Å²) in [6, 6.07) is 5.04. The molecule has 0 aliphatic carbocycles. The van der Waals surface area contributed by atoms with Gasteiger partial charge in [0.2, 0.25) is 5.13 Å². The van der Waals surface area contributed by atoms with E-state index in [9.17, 15) is 13.2 Å². The van der Waals surface area contributed by atoms with Crippen LogP contribution < -0.4 is 5.32 Å². The van der Waals surface area contributed by atoms with E-state index in [4.69, 9.17) is 0 Å². The molecule has 0 aliphatic heterocycles. The molecule has 1 aromatic heterocycles. The number of halogens is 3. The van der Waals surface area contributed by atoms with Gasteiger partial charge in [0.05, 0.1) is 5.56 Å². The van der Waals surface area contributed by atoms with E-state index < -0.39 is 11.7 Å². The zero-order chi connectivity index (χ0) is 12.5. The van der Waals surface area contributed by atoms with Gasteiger partial charge >= 0.3 is 6.18 Å². The van der Waals surface area contributed by atoms with Crippen molar-refractivity contribution in [1.29, 1.82) is 0 Å². The van der Waals surface area contributed by atoms with Gasteiger partial charge in [-0.05, 0) is 12.1 Å². The Kier molecular flexibility index (Phi) is 3.01. The van der Waals surface area contributed by atoms with Crippen LogP contribution in [0, 0.1) is 0 Å². The van der Waals surface area contributed by atoms with Crippen molar-refractivity contribution in [2.24, 2.45) is 0 Å². The van der Waals surface area contributed by atoms with Gasteiger partial charge in [0.25, 0.3) is 0 Å². The Hall–Kier alpha value is -1.63. The fourth-order valence-corrected chi connectivity index (χ4v) is 1.96. The zero-order valence-electron chi connectivity index (χ0n) is 8.75. The van der Waals surface area contributed by atoms with Gasteiger partial charge in [0.15, 0.2) is 0 Å². The van der Waals surface area contributed by atoms with Crippen LogP contribution >= 0.6 is 11.3 Å². The summed E-state index contributed by atoms with van der Waals surface area (Å²) in [6.07, 6.45) is -4.34. The predicted molar refractivity (Wildman–Crippen MR) is 59.9 cm³/mol. The van der Waals surface area contributed by atoms with Crippen molar-refractivity contribution in [3.63, 3.8) is 0 Å². The molecule has 17 heavy (non-hydrogen) atoms. The van der Waals surface area contributed by atoms with Crippen LogP contribution in [0.25, 0.3) is 10.6 Å². The molecule has 1 N–H and O–H groups in total. The molecule has 0 bridgehead atoms. The number of anilines is 1. The lowest BCUT2D eigenvalue weighted by Gasteiger charge is -2.06. The van der Waals surface area contributed by atoms with Crippen molar-refractivity contribution in [2.75, 3.05) is 12.4 Å². The molecule has 1 heterocycles. The maximum atomic E-state index is 12.5. The molecule has 0 aliphatic rings. The molecule has 0 unspecified atom stereocenters. The zero-order valence-corrected chi connectivity index (χ0v) is 9.56. The number of benzene rings is 1. The van der Waals surface area contributed by atoms with E-state index in [1.165, 1.54) is 17.4 Å². The van der Waals surface area contributed by atoms with Gasteiger partial charge in [-0.1, -0.05) is 23.5 Å². The monoisotopic (exact) mass is 259 g/mol. The molecule has 7 heteroatoms. The van der Waals surface area contributed by atoms with E-state index in [0.717, 1.165) is 12.1 Å². The number of aromatic nitrogens is 2. The van der Waals surface area contributed by atoms with E-state index in [1.54, 1.807) is 13.1 Å². The molecule has 0 saturated carbocycles. The van der Waals surface area contributed by atoms with Crippen LogP contribution in [0.3, 0.4) is 0 Å². The molecule has 0 amide bonds. The number of hydrogen-bond acceptors (Lipinski definition) is 4. The number of alkyl halides is 3. The third-order valence-electron chi connectivity index (χ3n) is 2.08. The van der Waals surface area contributed by atoms with Crippen LogP contribution in [0.2, 0.25) is 0 Å². The highest BCUT2D eigenvalue weighted by atomic mass is 32.1. The second-order valence-electron chi connectivity index (χ2n) is 3.24. The Morgan fingerprint density at radius 3 is 2.59 bits per heavy atom. The first-order chi connectivity index (χ1) is 8.00. The van der Waals surface area contributed by atoms with Gasteiger partial charge in [0.1, 0.15) is 5.01 Å². The third-order valence-corrected chi connectivity index (χ3v) is 3.07. The van der Waals surface area contributed by atoms with Crippen LogP contribution in [0.4, 0.5) is 18.3 Å². The van der Waals surface area contributed by atoms with Crippen LogP contribution in [0.15, 0.2) is 24.3 Å². The normalized spacial score (nSPS) is 11.5. The molecular formula is C10H8F3N3S. The summed E-state index contributed by atoms with van der Waals surface area (Å²) in [6.45, 7) is 0. The Labute approximate surface area is 99.3 Å². The van der Waals surface area contributed by atoms with E-state index >= 15 is 0 Å². The van der Waals surface area contributed by atoms with Gasteiger partial charge in [-0.25, -0.2) is 0 Å². The number of rotatable bonds is 2. The Morgan fingerprint density at radius 1 is 1.24 bits per heavy atom. The highest BCUT2D eigenvalue weighted by Gasteiger charge is 2.30. The van der Waals surface area contributed by atoms with Gasteiger partial charge in [-0.2, -0.15) is 13.2 Å². The smallest absolute Gasteiger partial charge is 0.363 e. The van der Waals surface area contributed by atoms with E-state index in [0.29, 0.717) is 15.7 Å². The van der Waals surface area contributed by atoms with E-state index in [2.05, 4.69) is 15.5 Å². The van der Waals surface area contributed by atoms with Crippen molar-refractivity contribution in [3.8, 4) is 10.6 Å². The highest BCUT2D eigenvalue weighted by molar-refractivity contribution is 7.18. The summed E-state index contributed by atoms with van der Waals surface area (Å²) in [5.74, 6) is 0. The summed E-state index contributed by atoms with van der Waals surface area (Å²) in [5.41, 5.74) is -0.268. The van der Waals surface area contributed by atoms with Crippen LogP contribution in [0.1, 0.15) is 5.56 Å². The minimum atomic E-state index is -4.34. The molecule has 1 aromatic carbocycles. The second kappa shape index (κ2) is 4.33. The SMILES string of the molecule is CNc1nnc(-c2cccc(C(F)(F)F)c2)s1. The summed E-state index contributed by atoms with van der Waals surface area (Å²) in [7, 11) is 1.68. The fraction of sp³-hybridized carbons (Fsp3) is 0.200. The van der Waals surface area contributed by atoms with Crippen LogP contribution in [-0.2, 0) is 6.18 Å². The molecule has 0 spiro atoms. The van der Waals surface area contributed by atoms with Gasteiger partial charge in [-0.15, -0.1) is 10.2 Å². The van der Waals surface area contributed by atoms with Crippen molar-refractivity contribution in [3.05, 3.63) is 29.8 Å². The third kappa shape index (κ3) is 2.55. The minimum absolute atomic E-state index is 0.416. The molecular weight excluding hydrogens is 251 g/mol. The van der Waals surface area contributed by atoms with Crippen molar-refractivity contribution in [2.45, 2.75) is 6.18 Å². The Balaban J connectivity index is 2.39. The first kappa shape index (κ1) is 11.8. The highest BCUT2D eigenvalue weighted by Crippen LogP contribution is 2.33. The quantitative estimate of drug-likeness (QED) is 0.899. The van der Waals surface area contributed by atoms with Gasteiger partial charge in [0, 0.05) is 12.6 Å². The Bertz CT molecular complexity index is 522. The molecule has 0 fully saturated rings. The molecule has 2 aromatic rings. The van der Waals surface area contributed by atoms with Gasteiger partial charge < -0.3 is 5.32 Å². The summed E-state index contributed by atoms with van der Waals surface area (Å²) in [4.78, 5) is 0. The van der Waals surface area contributed by atoms with Gasteiger partial charge in [-0.3, -0.25) is 0 Å². The van der Waals surface area contributed by atoms with E-state index in [-0.39, 0.29) is 0 Å². The number of nitrogens with zero attached hydrogens (tertiary/aromatic N) is 2.